The van der Waals surface area contributed by atoms with Crippen LogP contribution in [0.15, 0.2) is 36.9 Å². The van der Waals surface area contributed by atoms with E-state index in [0.29, 0.717) is 17.1 Å². The number of nitrogens with one attached hydrogen (secondary N) is 2. The summed E-state index contributed by atoms with van der Waals surface area (Å²) in [5.41, 5.74) is 1.86. The number of rotatable bonds is 5. The van der Waals surface area contributed by atoms with Crippen LogP contribution in [0.5, 0.6) is 0 Å². The lowest BCUT2D eigenvalue weighted by Gasteiger charge is -2.30. The second-order valence-corrected chi connectivity index (χ2v) is 7.29. The smallest absolute Gasteiger partial charge is 0.148 e. The minimum atomic E-state index is 0.377. The zero-order valence-corrected chi connectivity index (χ0v) is 16.1. The number of anilines is 2. The molecule has 3 aromatic rings. The van der Waals surface area contributed by atoms with Gasteiger partial charge < -0.3 is 10.6 Å². The molecule has 0 radical (unpaired) electrons. The minimum Gasteiger partial charge on any atom is -0.367 e. The Bertz CT molecular complexity index is 918. The maximum Gasteiger partial charge on any atom is 0.148 e. The van der Waals surface area contributed by atoms with Gasteiger partial charge in [-0.2, -0.15) is 0 Å². The van der Waals surface area contributed by atoms with Crippen molar-refractivity contribution in [3.8, 4) is 0 Å². The van der Waals surface area contributed by atoms with Crippen LogP contribution < -0.4 is 10.6 Å². The van der Waals surface area contributed by atoms with Crippen molar-refractivity contribution < 1.29 is 0 Å². The highest BCUT2D eigenvalue weighted by Gasteiger charge is 2.23. The average molecular weight is 383 g/mol. The van der Waals surface area contributed by atoms with Crippen LogP contribution in [0.2, 0.25) is 5.02 Å². The number of benzene rings is 1. The number of hydrogen-bond donors (Lipinski definition) is 2. The summed E-state index contributed by atoms with van der Waals surface area (Å²) in [5.74, 6) is 1.67. The van der Waals surface area contributed by atoms with Crippen LogP contribution in [0.1, 0.15) is 38.3 Å². The van der Waals surface area contributed by atoms with Gasteiger partial charge in [0.25, 0.3) is 0 Å². The summed E-state index contributed by atoms with van der Waals surface area (Å²) in [4.78, 5) is 17.3. The fraction of sp³-hybridized carbons (Fsp3) is 0.400. The van der Waals surface area contributed by atoms with E-state index in [1.54, 1.807) is 12.7 Å². The molecule has 2 heterocycles. The Kier molecular flexibility index (Phi) is 5.34. The van der Waals surface area contributed by atoms with E-state index in [0.717, 1.165) is 60.3 Å². The van der Waals surface area contributed by atoms with E-state index in [9.17, 15) is 0 Å². The van der Waals surface area contributed by atoms with Gasteiger partial charge in [-0.15, -0.1) is 0 Å². The molecule has 0 bridgehead atoms. The Balaban J connectivity index is 1.38. The lowest BCUT2D eigenvalue weighted by molar-refractivity contribution is 0.427. The summed E-state index contributed by atoms with van der Waals surface area (Å²) in [6, 6.07) is 8.88. The van der Waals surface area contributed by atoms with Gasteiger partial charge in [-0.25, -0.2) is 19.9 Å². The quantitative estimate of drug-likeness (QED) is 0.678. The van der Waals surface area contributed by atoms with E-state index in [-0.39, 0.29) is 0 Å². The van der Waals surface area contributed by atoms with E-state index >= 15 is 0 Å². The Morgan fingerprint density at radius 3 is 2.26 bits per heavy atom. The van der Waals surface area contributed by atoms with Crippen LogP contribution in [-0.2, 0) is 6.42 Å². The third kappa shape index (κ3) is 3.95. The first kappa shape index (κ1) is 17.9. The van der Waals surface area contributed by atoms with Crippen molar-refractivity contribution in [3.63, 3.8) is 0 Å². The highest BCUT2D eigenvalue weighted by atomic mass is 35.5. The number of nitrogens with zero attached hydrogens (tertiary/aromatic N) is 4. The predicted molar refractivity (Wildman–Crippen MR) is 109 cm³/mol. The average Bonchev–Trinajstić information content (AvgIpc) is 2.71. The van der Waals surface area contributed by atoms with Gasteiger partial charge in [-0.1, -0.05) is 30.7 Å². The molecule has 4 rings (SSSR count). The molecule has 2 N–H and O–H groups in total. The number of hydrogen-bond acceptors (Lipinski definition) is 6. The molecule has 140 valence electrons. The first-order chi connectivity index (χ1) is 13.2. The number of fused-ring (bicyclic) bond motifs is 1. The molecule has 0 atom stereocenters. The van der Waals surface area contributed by atoms with Gasteiger partial charge in [0.15, 0.2) is 0 Å². The lowest BCUT2D eigenvalue weighted by Crippen LogP contribution is -2.33. The maximum absolute atomic E-state index is 6.41. The Labute approximate surface area is 163 Å². The molecule has 0 spiro atoms. The van der Waals surface area contributed by atoms with Crippen molar-refractivity contribution in [1.29, 1.82) is 0 Å². The van der Waals surface area contributed by atoms with Gasteiger partial charge in [0.2, 0.25) is 0 Å². The van der Waals surface area contributed by atoms with Gasteiger partial charge in [-0.05, 0) is 44.2 Å². The molecule has 0 unspecified atom stereocenters. The zero-order valence-electron chi connectivity index (χ0n) is 15.3. The van der Waals surface area contributed by atoms with Crippen molar-refractivity contribution in [2.75, 3.05) is 10.6 Å². The maximum atomic E-state index is 6.41. The second-order valence-electron chi connectivity index (χ2n) is 6.91. The van der Waals surface area contributed by atoms with E-state index in [2.05, 4.69) is 36.6 Å². The van der Waals surface area contributed by atoms with E-state index < -0.39 is 0 Å². The SMILES string of the molecule is CCc1ncnc(NC2CCC(Nc3ncnc4ccccc34)CC2)c1Cl. The molecule has 0 aliphatic heterocycles. The van der Waals surface area contributed by atoms with Crippen LogP contribution >= 0.6 is 11.6 Å². The largest absolute Gasteiger partial charge is 0.367 e. The molecule has 27 heavy (non-hydrogen) atoms. The summed E-state index contributed by atoms with van der Waals surface area (Å²) in [5, 5.41) is 8.82. The van der Waals surface area contributed by atoms with Gasteiger partial charge in [0.1, 0.15) is 29.3 Å². The second kappa shape index (κ2) is 8.05. The van der Waals surface area contributed by atoms with Crippen LogP contribution in [0.3, 0.4) is 0 Å². The topological polar surface area (TPSA) is 75.6 Å². The molecule has 6 nitrogen and oxygen atoms in total. The van der Waals surface area contributed by atoms with Crippen molar-refractivity contribution in [2.24, 2.45) is 0 Å². The normalized spacial score (nSPS) is 19.8. The molecular weight excluding hydrogens is 360 g/mol. The Hall–Kier alpha value is -2.47. The highest BCUT2D eigenvalue weighted by Crippen LogP contribution is 2.29. The van der Waals surface area contributed by atoms with E-state index in [1.807, 2.05) is 25.1 Å². The monoisotopic (exact) mass is 382 g/mol. The van der Waals surface area contributed by atoms with Crippen LogP contribution in [0.4, 0.5) is 11.6 Å². The van der Waals surface area contributed by atoms with Gasteiger partial charge in [-0.3, -0.25) is 0 Å². The Morgan fingerprint density at radius 2 is 1.52 bits per heavy atom. The molecule has 1 aliphatic carbocycles. The first-order valence-electron chi connectivity index (χ1n) is 9.46. The third-order valence-electron chi connectivity index (χ3n) is 5.15. The number of para-hydroxylation sites is 1. The standard InChI is InChI=1S/C20H23ClN6/c1-2-16-18(21)20(25-11-22-16)27-14-9-7-13(8-10-14)26-19-15-5-3-4-6-17(15)23-12-24-19/h3-6,11-14H,2,7-10H2,1H3,(H,22,25,27)(H,23,24,26). The number of halogens is 1. The van der Waals surface area contributed by atoms with E-state index in [4.69, 9.17) is 11.6 Å². The third-order valence-corrected chi connectivity index (χ3v) is 5.55. The van der Waals surface area contributed by atoms with Crippen molar-refractivity contribution >= 4 is 34.1 Å². The van der Waals surface area contributed by atoms with Gasteiger partial charge >= 0.3 is 0 Å². The summed E-state index contributed by atoms with van der Waals surface area (Å²) in [7, 11) is 0. The van der Waals surface area contributed by atoms with Gasteiger partial charge in [0, 0.05) is 17.5 Å². The number of aromatic nitrogens is 4. The minimum absolute atomic E-state index is 0.377. The molecule has 0 amide bonds. The molecule has 7 heteroatoms. The Morgan fingerprint density at radius 1 is 0.889 bits per heavy atom. The molecule has 1 fully saturated rings. The van der Waals surface area contributed by atoms with Gasteiger partial charge in [0.05, 0.1) is 11.2 Å². The molecular formula is C20H23ClN6. The van der Waals surface area contributed by atoms with Crippen LogP contribution in [-0.4, -0.2) is 32.0 Å². The summed E-state index contributed by atoms with van der Waals surface area (Å²) in [6.07, 6.45) is 8.27. The molecule has 2 aromatic heterocycles. The number of aryl methyl sites for hydroxylation is 1. The summed E-state index contributed by atoms with van der Waals surface area (Å²) in [6.45, 7) is 2.05. The summed E-state index contributed by atoms with van der Waals surface area (Å²) < 4.78 is 0. The summed E-state index contributed by atoms with van der Waals surface area (Å²) >= 11 is 6.41. The highest BCUT2D eigenvalue weighted by molar-refractivity contribution is 6.33. The van der Waals surface area contributed by atoms with Crippen LogP contribution in [0, 0.1) is 0 Å². The molecule has 1 saturated carbocycles. The fourth-order valence-corrected chi connectivity index (χ4v) is 3.93. The van der Waals surface area contributed by atoms with Crippen LogP contribution in [0.25, 0.3) is 10.9 Å². The molecule has 1 aliphatic rings. The molecule has 0 saturated heterocycles. The molecule has 1 aromatic carbocycles. The zero-order chi connectivity index (χ0) is 18.6. The lowest BCUT2D eigenvalue weighted by atomic mass is 9.91. The van der Waals surface area contributed by atoms with Crippen molar-refractivity contribution in [1.82, 2.24) is 19.9 Å². The predicted octanol–water partition coefficient (Wildman–Crippen LogP) is 4.47. The first-order valence-corrected chi connectivity index (χ1v) is 9.84. The fourth-order valence-electron chi connectivity index (χ4n) is 3.64. The van der Waals surface area contributed by atoms with Crippen molar-refractivity contribution in [2.45, 2.75) is 51.1 Å². The van der Waals surface area contributed by atoms with E-state index in [1.165, 1.54) is 0 Å². The van der Waals surface area contributed by atoms with Crippen molar-refractivity contribution in [3.05, 3.63) is 47.6 Å².